The molecule has 0 radical (unpaired) electrons. The van der Waals surface area contributed by atoms with Crippen molar-refractivity contribution in [2.24, 2.45) is 5.73 Å². The van der Waals surface area contributed by atoms with Gasteiger partial charge in [-0.15, -0.1) is 0 Å². The van der Waals surface area contributed by atoms with Gasteiger partial charge in [0, 0.05) is 35.7 Å². The number of urea groups is 1. The smallest absolute Gasteiger partial charge is 0.339 e. The predicted molar refractivity (Wildman–Crippen MR) is 114 cm³/mol. The fourth-order valence-corrected chi connectivity index (χ4v) is 3.17. The summed E-state index contributed by atoms with van der Waals surface area (Å²) in [5.74, 6) is 0.429. The third-order valence-corrected chi connectivity index (χ3v) is 4.81. The number of anilines is 1. The number of hydrogen-bond acceptors (Lipinski definition) is 5. The summed E-state index contributed by atoms with van der Waals surface area (Å²) in [5, 5.41) is 6.11. The van der Waals surface area contributed by atoms with Crippen LogP contribution >= 0.6 is 0 Å². The lowest BCUT2D eigenvalue weighted by atomic mass is 10.0. The Hall–Kier alpha value is -3.81. The van der Waals surface area contributed by atoms with Gasteiger partial charge in [0.25, 0.3) is 0 Å². The first kappa shape index (κ1) is 20.9. The number of hydrogen-bond donors (Lipinski definition) is 3. The van der Waals surface area contributed by atoms with Gasteiger partial charge >= 0.3 is 11.7 Å². The molecule has 30 heavy (non-hydrogen) atoms. The highest BCUT2D eigenvalue weighted by Crippen LogP contribution is 2.24. The summed E-state index contributed by atoms with van der Waals surface area (Å²) in [6.07, 6.45) is 0.442. The van der Waals surface area contributed by atoms with Crippen LogP contribution in [0.5, 0.6) is 5.75 Å². The van der Waals surface area contributed by atoms with Crippen LogP contribution < -0.4 is 26.7 Å². The lowest BCUT2D eigenvalue weighted by molar-refractivity contribution is -0.121. The van der Waals surface area contributed by atoms with Gasteiger partial charge in [-0.1, -0.05) is 12.1 Å². The lowest BCUT2D eigenvalue weighted by Gasteiger charge is -2.09. The number of amides is 3. The molecule has 0 unspecified atom stereocenters. The molecule has 1 aromatic heterocycles. The summed E-state index contributed by atoms with van der Waals surface area (Å²) in [5.41, 5.74) is 7.81. The molecule has 3 rings (SSSR count). The third-order valence-electron chi connectivity index (χ3n) is 4.81. The van der Waals surface area contributed by atoms with Crippen LogP contribution in [0.25, 0.3) is 11.0 Å². The normalized spacial score (nSPS) is 10.6. The van der Waals surface area contributed by atoms with Gasteiger partial charge in [-0.25, -0.2) is 9.59 Å². The van der Waals surface area contributed by atoms with E-state index in [1.54, 1.807) is 43.5 Å². The summed E-state index contributed by atoms with van der Waals surface area (Å²) in [7, 11) is 1.55. The molecular weight excluding hydrogens is 386 g/mol. The first-order valence-electron chi connectivity index (χ1n) is 9.40. The van der Waals surface area contributed by atoms with Gasteiger partial charge in [0.15, 0.2) is 0 Å². The van der Waals surface area contributed by atoms with Crippen molar-refractivity contribution in [3.8, 4) is 5.75 Å². The Kier molecular flexibility index (Phi) is 6.36. The molecule has 1 heterocycles. The minimum Gasteiger partial charge on any atom is -0.497 e. The number of ether oxygens (including phenoxy) is 1. The predicted octanol–water partition coefficient (Wildman–Crippen LogP) is 2.85. The highest BCUT2D eigenvalue weighted by molar-refractivity contribution is 5.87. The van der Waals surface area contributed by atoms with Crippen molar-refractivity contribution in [3.63, 3.8) is 0 Å². The van der Waals surface area contributed by atoms with E-state index < -0.39 is 11.7 Å². The van der Waals surface area contributed by atoms with Crippen LogP contribution in [-0.4, -0.2) is 19.0 Å². The topological polar surface area (TPSA) is 124 Å². The molecule has 2 aromatic carbocycles. The lowest BCUT2D eigenvalue weighted by Crippen LogP contribution is -2.24. The Labute approximate surface area is 173 Å². The summed E-state index contributed by atoms with van der Waals surface area (Å²) in [6, 6.07) is 11.6. The molecular formula is C22H23N3O5. The Balaban J connectivity index is 1.61. The molecule has 0 aliphatic heterocycles. The number of methoxy groups -OCH3 is 1. The molecule has 0 aliphatic rings. The van der Waals surface area contributed by atoms with E-state index in [0.29, 0.717) is 29.1 Å². The van der Waals surface area contributed by atoms with E-state index in [2.05, 4.69) is 10.6 Å². The molecule has 156 valence electrons. The van der Waals surface area contributed by atoms with Crippen molar-refractivity contribution in [2.75, 3.05) is 12.4 Å². The van der Waals surface area contributed by atoms with E-state index in [1.165, 1.54) is 0 Å². The van der Waals surface area contributed by atoms with Crippen LogP contribution in [0.2, 0.25) is 0 Å². The standard InChI is InChI=1S/C22H23N3O5/c1-13-17-8-7-16(29-2)11-19(17)30-21(27)18(13)9-10-20(26)24-12-14-3-5-15(6-4-14)25-22(23)28/h3-8,11H,9-10,12H2,1-2H3,(H,24,26)(H3,23,25,28). The van der Waals surface area contributed by atoms with Crippen LogP contribution in [0.1, 0.15) is 23.1 Å². The number of aryl methyl sites for hydroxylation is 1. The monoisotopic (exact) mass is 409 g/mol. The minimum absolute atomic E-state index is 0.161. The number of benzene rings is 2. The number of rotatable bonds is 7. The van der Waals surface area contributed by atoms with E-state index in [4.69, 9.17) is 14.9 Å². The van der Waals surface area contributed by atoms with Crippen LogP contribution in [0.4, 0.5) is 10.5 Å². The van der Waals surface area contributed by atoms with Crippen LogP contribution in [0, 0.1) is 6.92 Å². The minimum atomic E-state index is -0.636. The van der Waals surface area contributed by atoms with Gasteiger partial charge in [0.1, 0.15) is 11.3 Å². The molecule has 3 amide bonds. The van der Waals surface area contributed by atoms with Crippen LogP contribution in [0.15, 0.2) is 51.7 Å². The summed E-state index contributed by atoms with van der Waals surface area (Å²) >= 11 is 0. The molecule has 0 atom stereocenters. The molecule has 0 saturated carbocycles. The second-order valence-corrected chi connectivity index (χ2v) is 6.82. The molecule has 0 spiro atoms. The third kappa shape index (κ3) is 4.96. The quantitative estimate of drug-likeness (QED) is 0.518. The van der Waals surface area contributed by atoms with Crippen molar-refractivity contribution in [1.82, 2.24) is 5.32 Å². The van der Waals surface area contributed by atoms with Crippen molar-refractivity contribution < 1.29 is 18.7 Å². The van der Waals surface area contributed by atoms with Crippen molar-refractivity contribution in [1.29, 1.82) is 0 Å². The van der Waals surface area contributed by atoms with Crippen LogP contribution in [0.3, 0.4) is 0 Å². The van der Waals surface area contributed by atoms with Gasteiger partial charge in [-0.05, 0) is 48.7 Å². The Morgan fingerprint density at radius 1 is 1.13 bits per heavy atom. The van der Waals surface area contributed by atoms with E-state index in [9.17, 15) is 14.4 Å². The van der Waals surface area contributed by atoms with E-state index in [1.807, 2.05) is 13.0 Å². The Morgan fingerprint density at radius 3 is 2.53 bits per heavy atom. The van der Waals surface area contributed by atoms with Gasteiger partial charge in [-0.3, -0.25) is 4.79 Å². The van der Waals surface area contributed by atoms with E-state index in [0.717, 1.165) is 16.5 Å². The number of carbonyl (C=O) groups excluding carboxylic acids is 2. The molecule has 3 aromatic rings. The highest BCUT2D eigenvalue weighted by Gasteiger charge is 2.13. The first-order valence-corrected chi connectivity index (χ1v) is 9.40. The molecule has 0 bridgehead atoms. The number of primary amides is 1. The summed E-state index contributed by atoms with van der Waals surface area (Å²) in [4.78, 5) is 35.4. The number of carbonyl (C=O) groups is 2. The molecule has 0 fully saturated rings. The maximum absolute atomic E-state index is 12.4. The average molecular weight is 409 g/mol. The van der Waals surface area contributed by atoms with E-state index >= 15 is 0 Å². The summed E-state index contributed by atoms with van der Waals surface area (Å²) in [6.45, 7) is 2.18. The molecule has 8 nitrogen and oxygen atoms in total. The van der Waals surface area contributed by atoms with Gasteiger partial charge < -0.3 is 25.5 Å². The number of nitrogens with two attached hydrogens (primary N) is 1. The maximum Gasteiger partial charge on any atom is 0.339 e. The Bertz CT molecular complexity index is 1140. The summed E-state index contributed by atoms with van der Waals surface area (Å²) < 4.78 is 10.6. The average Bonchev–Trinajstić information content (AvgIpc) is 2.72. The van der Waals surface area contributed by atoms with Crippen molar-refractivity contribution >= 4 is 28.6 Å². The zero-order valence-corrected chi connectivity index (χ0v) is 16.8. The maximum atomic E-state index is 12.4. The molecule has 0 aliphatic carbocycles. The van der Waals surface area contributed by atoms with E-state index in [-0.39, 0.29) is 18.7 Å². The van der Waals surface area contributed by atoms with Gasteiger partial charge in [0.05, 0.1) is 7.11 Å². The largest absolute Gasteiger partial charge is 0.497 e. The van der Waals surface area contributed by atoms with Crippen LogP contribution in [-0.2, 0) is 17.8 Å². The highest BCUT2D eigenvalue weighted by atomic mass is 16.5. The zero-order chi connectivity index (χ0) is 21.7. The molecule has 4 N–H and O–H groups in total. The number of fused-ring (bicyclic) bond motifs is 1. The second-order valence-electron chi connectivity index (χ2n) is 6.82. The fourth-order valence-electron chi connectivity index (χ4n) is 3.17. The first-order chi connectivity index (χ1) is 14.4. The zero-order valence-electron chi connectivity index (χ0n) is 16.8. The second kappa shape index (κ2) is 9.13. The molecule has 8 heteroatoms. The number of nitrogens with one attached hydrogen (secondary N) is 2. The van der Waals surface area contributed by atoms with Gasteiger partial charge in [0.2, 0.25) is 5.91 Å². The fraction of sp³-hybridized carbons (Fsp3) is 0.227. The van der Waals surface area contributed by atoms with Crippen molar-refractivity contribution in [2.45, 2.75) is 26.3 Å². The molecule has 0 saturated heterocycles. The van der Waals surface area contributed by atoms with Crippen molar-refractivity contribution in [3.05, 3.63) is 69.6 Å². The van der Waals surface area contributed by atoms with Gasteiger partial charge in [-0.2, -0.15) is 0 Å². The SMILES string of the molecule is COc1ccc2c(C)c(CCC(=O)NCc3ccc(NC(N)=O)cc3)c(=O)oc2c1. The Morgan fingerprint density at radius 2 is 1.87 bits per heavy atom.